The molecule has 0 saturated carbocycles. The molecule has 0 radical (unpaired) electrons. The fourth-order valence-corrected chi connectivity index (χ4v) is 3.59. The highest BCUT2D eigenvalue weighted by atomic mass is 32.1. The Morgan fingerprint density at radius 1 is 1.09 bits per heavy atom. The Hall–Kier alpha value is -2.59. The molecule has 0 saturated heterocycles. The van der Waals surface area contributed by atoms with E-state index in [4.69, 9.17) is 9.15 Å². The van der Waals surface area contributed by atoms with Crippen molar-refractivity contribution in [3.8, 4) is 16.2 Å². The van der Waals surface area contributed by atoms with E-state index in [-0.39, 0.29) is 5.43 Å². The molecule has 4 aromatic rings. The molecule has 0 unspecified atom stereocenters. The summed E-state index contributed by atoms with van der Waals surface area (Å²) in [5.74, 6) is 0.672. The van der Waals surface area contributed by atoms with Crippen LogP contribution in [0.15, 0.2) is 64.0 Å². The highest BCUT2D eigenvalue weighted by molar-refractivity contribution is 7.22. The van der Waals surface area contributed by atoms with E-state index in [1.807, 2.05) is 24.3 Å². The minimum atomic E-state index is -0.0181. The van der Waals surface area contributed by atoms with Gasteiger partial charge in [-0.15, -0.1) is 11.3 Å². The van der Waals surface area contributed by atoms with E-state index in [2.05, 4.69) is 6.07 Å². The molecule has 3 nitrogen and oxygen atoms in total. The van der Waals surface area contributed by atoms with Gasteiger partial charge in [-0.3, -0.25) is 4.79 Å². The van der Waals surface area contributed by atoms with Gasteiger partial charge in [0.25, 0.3) is 0 Å². The summed E-state index contributed by atoms with van der Waals surface area (Å²) < 4.78 is 12.0. The first-order valence-corrected chi connectivity index (χ1v) is 7.66. The highest BCUT2D eigenvalue weighted by Gasteiger charge is 2.12. The Kier molecular flexibility index (Phi) is 2.98. The monoisotopic (exact) mass is 308 g/mol. The van der Waals surface area contributed by atoms with E-state index in [0.717, 1.165) is 15.0 Å². The quantitative estimate of drug-likeness (QED) is 0.539. The molecule has 2 aromatic carbocycles. The average molecular weight is 308 g/mol. The third-order valence-electron chi connectivity index (χ3n) is 3.67. The van der Waals surface area contributed by atoms with Crippen LogP contribution in [0.5, 0.6) is 5.75 Å². The lowest BCUT2D eigenvalue weighted by Crippen LogP contribution is -2.03. The van der Waals surface area contributed by atoms with Crippen LogP contribution >= 0.6 is 11.3 Å². The Labute approximate surface area is 130 Å². The molecule has 0 aliphatic heterocycles. The zero-order valence-electron chi connectivity index (χ0n) is 11.8. The summed E-state index contributed by atoms with van der Waals surface area (Å²) in [4.78, 5) is 13.6. The normalized spacial score (nSPS) is 11.1. The standard InChI is InChI=1S/C18H12O3S/c1-20-12-6-7-13-15(9-12)21-10-14(18(13)19)17-8-11-4-2-3-5-16(11)22-17/h2-10H,1H3. The number of ether oxygens (including phenoxy) is 1. The molecular formula is C18H12O3S. The van der Waals surface area contributed by atoms with Crippen molar-refractivity contribution in [2.75, 3.05) is 7.11 Å². The predicted octanol–water partition coefficient (Wildman–Crippen LogP) is 4.68. The van der Waals surface area contributed by atoms with E-state index < -0.39 is 0 Å². The lowest BCUT2D eigenvalue weighted by atomic mass is 10.1. The third kappa shape index (κ3) is 2.00. The fourth-order valence-electron chi connectivity index (χ4n) is 2.52. The first-order valence-electron chi connectivity index (χ1n) is 6.85. The molecule has 0 aliphatic carbocycles. The van der Waals surface area contributed by atoms with Gasteiger partial charge in [-0.05, 0) is 29.7 Å². The lowest BCUT2D eigenvalue weighted by molar-refractivity contribution is 0.414. The third-order valence-corrected chi connectivity index (χ3v) is 4.82. The fraction of sp³-hybridized carbons (Fsp3) is 0.0556. The van der Waals surface area contributed by atoms with Gasteiger partial charge in [-0.25, -0.2) is 0 Å². The van der Waals surface area contributed by atoms with E-state index in [1.54, 1.807) is 36.6 Å². The summed E-state index contributed by atoms with van der Waals surface area (Å²) in [5.41, 5.74) is 1.11. The number of fused-ring (bicyclic) bond motifs is 2. The molecule has 0 amide bonds. The minimum absolute atomic E-state index is 0.0181. The number of thiophene rings is 1. The maximum absolute atomic E-state index is 12.7. The van der Waals surface area contributed by atoms with Gasteiger partial charge in [0, 0.05) is 15.6 Å². The molecule has 0 N–H and O–H groups in total. The summed E-state index contributed by atoms with van der Waals surface area (Å²) in [6.07, 6.45) is 1.54. The van der Waals surface area contributed by atoms with E-state index in [1.165, 1.54) is 6.26 Å². The van der Waals surface area contributed by atoms with Gasteiger partial charge in [-0.2, -0.15) is 0 Å². The van der Waals surface area contributed by atoms with Gasteiger partial charge < -0.3 is 9.15 Å². The van der Waals surface area contributed by atoms with Crippen LogP contribution in [-0.4, -0.2) is 7.11 Å². The molecular weight excluding hydrogens is 296 g/mol. The Morgan fingerprint density at radius 2 is 1.95 bits per heavy atom. The zero-order chi connectivity index (χ0) is 15.1. The first kappa shape index (κ1) is 13.1. The second kappa shape index (κ2) is 5.00. The summed E-state index contributed by atoms with van der Waals surface area (Å²) in [6, 6.07) is 15.4. The summed E-state index contributed by atoms with van der Waals surface area (Å²) in [7, 11) is 1.59. The smallest absolute Gasteiger partial charge is 0.201 e. The van der Waals surface area contributed by atoms with Crippen LogP contribution < -0.4 is 10.2 Å². The lowest BCUT2D eigenvalue weighted by Gasteiger charge is -2.03. The first-order chi connectivity index (χ1) is 10.8. The van der Waals surface area contributed by atoms with E-state index >= 15 is 0 Å². The van der Waals surface area contributed by atoms with Crippen LogP contribution in [0.2, 0.25) is 0 Å². The maximum Gasteiger partial charge on any atom is 0.201 e. The molecule has 4 rings (SSSR count). The Morgan fingerprint density at radius 3 is 2.77 bits per heavy atom. The summed E-state index contributed by atoms with van der Waals surface area (Å²) in [5, 5.41) is 1.70. The molecule has 0 atom stereocenters. The van der Waals surface area contributed by atoms with Gasteiger partial charge >= 0.3 is 0 Å². The van der Waals surface area contributed by atoms with Crippen molar-refractivity contribution in [3.63, 3.8) is 0 Å². The second-order valence-electron chi connectivity index (χ2n) is 4.99. The van der Waals surface area contributed by atoms with Crippen LogP contribution in [0.3, 0.4) is 0 Å². The molecule has 0 fully saturated rings. The molecule has 108 valence electrons. The number of hydrogen-bond acceptors (Lipinski definition) is 4. The van der Waals surface area contributed by atoms with Crippen molar-refractivity contribution in [2.24, 2.45) is 0 Å². The predicted molar refractivity (Wildman–Crippen MR) is 89.9 cm³/mol. The highest BCUT2D eigenvalue weighted by Crippen LogP contribution is 2.32. The van der Waals surface area contributed by atoms with Crippen molar-refractivity contribution in [3.05, 3.63) is 65.0 Å². The zero-order valence-corrected chi connectivity index (χ0v) is 12.6. The minimum Gasteiger partial charge on any atom is -0.497 e. The largest absolute Gasteiger partial charge is 0.497 e. The number of methoxy groups -OCH3 is 1. The van der Waals surface area contributed by atoms with Crippen LogP contribution in [0.4, 0.5) is 0 Å². The van der Waals surface area contributed by atoms with E-state index in [9.17, 15) is 4.79 Å². The van der Waals surface area contributed by atoms with Gasteiger partial charge in [0.2, 0.25) is 5.43 Å². The summed E-state index contributed by atoms with van der Waals surface area (Å²) >= 11 is 1.60. The number of benzene rings is 2. The molecule has 2 aromatic heterocycles. The van der Waals surface area contributed by atoms with Gasteiger partial charge in [-0.1, -0.05) is 18.2 Å². The number of rotatable bonds is 2. The van der Waals surface area contributed by atoms with Gasteiger partial charge in [0.15, 0.2) is 0 Å². The molecule has 0 aliphatic rings. The SMILES string of the molecule is COc1ccc2c(=O)c(-c3cc4ccccc4s3)coc2c1. The maximum atomic E-state index is 12.7. The van der Waals surface area contributed by atoms with E-state index in [0.29, 0.717) is 22.3 Å². The van der Waals surface area contributed by atoms with Gasteiger partial charge in [0.05, 0.1) is 18.1 Å². The van der Waals surface area contributed by atoms with Crippen molar-refractivity contribution in [1.82, 2.24) is 0 Å². The van der Waals surface area contributed by atoms with Crippen LogP contribution in [-0.2, 0) is 0 Å². The van der Waals surface area contributed by atoms with Gasteiger partial charge in [0.1, 0.15) is 17.6 Å². The summed E-state index contributed by atoms with van der Waals surface area (Å²) in [6.45, 7) is 0. The van der Waals surface area contributed by atoms with Crippen molar-refractivity contribution in [1.29, 1.82) is 0 Å². The second-order valence-corrected chi connectivity index (χ2v) is 6.07. The number of hydrogen-bond donors (Lipinski definition) is 0. The van der Waals surface area contributed by atoms with Crippen LogP contribution in [0, 0.1) is 0 Å². The topological polar surface area (TPSA) is 39.4 Å². The average Bonchev–Trinajstić information content (AvgIpc) is 2.98. The van der Waals surface area contributed by atoms with Crippen LogP contribution in [0.25, 0.3) is 31.5 Å². The Balaban J connectivity index is 1.95. The van der Waals surface area contributed by atoms with Crippen molar-refractivity contribution in [2.45, 2.75) is 0 Å². The molecule has 22 heavy (non-hydrogen) atoms. The van der Waals surface area contributed by atoms with Crippen molar-refractivity contribution >= 4 is 32.4 Å². The van der Waals surface area contributed by atoms with Crippen molar-refractivity contribution < 1.29 is 9.15 Å². The Bertz CT molecular complexity index is 1010. The molecule has 0 bridgehead atoms. The molecule has 4 heteroatoms. The molecule has 2 heterocycles. The molecule has 0 spiro atoms. The van der Waals surface area contributed by atoms with Crippen LogP contribution in [0.1, 0.15) is 0 Å².